The number of rotatable bonds is 4. The predicted molar refractivity (Wildman–Crippen MR) is 64.9 cm³/mol. The van der Waals surface area contributed by atoms with Crippen LogP contribution < -0.4 is 5.32 Å². The Labute approximate surface area is 94.5 Å². The van der Waals surface area contributed by atoms with E-state index < -0.39 is 5.60 Å². The van der Waals surface area contributed by atoms with Crippen LogP contribution in [0.15, 0.2) is 0 Å². The summed E-state index contributed by atoms with van der Waals surface area (Å²) in [7, 11) is 0. The van der Waals surface area contributed by atoms with E-state index in [2.05, 4.69) is 33.0 Å². The van der Waals surface area contributed by atoms with Crippen molar-refractivity contribution in [2.75, 3.05) is 13.1 Å². The summed E-state index contributed by atoms with van der Waals surface area (Å²) >= 11 is 0. The van der Waals surface area contributed by atoms with E-state index in [1.807, 2.05) is 0 Å². The fraction of sp³-hybridized carbons (Fsp3) is 1.00. The molecular formula is C13H27NO. The molecule has 0 aromatic carbocycles. The second-order valence-corrected chi connectivity index (χ2v) is 6.15. The van der Waals surface area contributed by atoms with Gasteiger partial charge in [-0.2, -0.15) is 0 Å². The Kier molecular flexibility index (Phi) is 4.19. The number of hydrogen-bond donors (Lipinski definition) is 2. The lowest BCUT2D eigenvalue weighted by atomic mass is 9.65. The van der Waals surface area contributed by atoms with Gasteiger partial charge in [-0.3, -0.25) is 0 Å². The molecule has 90 valence electrons. The van der Waals surface area contributed by atoms with Crippen LogP contribution in [0, 0.1) is 11.3 Å². The van der Waals surface area contributed by atoms with Crippen molar-refractivity contribution in [1.29, 1.82) is 0 Å². The second kappa shape index (κ2) is 4.84. The van der Waals surface area contributed by atoms with E-state index in [1.54, 1.807) is 0 Å². The first-order valence-electron chi connectivity index (χ1n) is 6.30. The molecule has 2 heteroatoms. The highest BCUT2D eigenvalue weighted by Gasteiger charge is 2.44. The van der Waals surface area contributed by atoms with Crippen molar-refractivity contribution in [3.05, 3.63) is 0 Å². The molecule has 0 saturated heterocycles. The first-order valence-corrected chi connectivity index (χ1v) is 6.30. The minimum absolute atomic E-state index is 0.0647. The highest BCUT2D eigenvalue weighted by atomic mass is 16.3. The molecule has 1 aliphatic rings. The molecule has 1 aliphatic carbocycles. The summed E-state index contributed by atoms with van der Waals surface area (Å²) < 4.78 is 0. The zero-order valence-corrected chi connectivity index (χ0v) is 10.8. The monoisotopic (exact) mass is 213 g/mol. The fourth-order valence-electron chi connectivity index (χ4n) is 2.45. The highest BCUT2D eigenvalue weighted by molar-refractivity contribution is 4.97. The van der Waals surface area contributed by atoms with Gasteiger partial charge in [-0.1, -0.05) is 40.5 Å². The molecule has 2 N–H and O–H groups in total. The molecule has 0 aromatic heterocycles. The van der Waals surface area contributed by atoms with E-state index in [9.17, 15) is 5.11 Å². The molecule has 1 saturated carbocycles. The van der Waals surface area contributed by atoms with Gasteiger partial charge in [0, 0.05) is 6.54 Å². The Morgan fingerprint density at radius 2 is 1.80 bits per heavy atom. The lowest BCUT2D eigenvalue weighted by Gasteiger charge is -2.46. The molecule has 0 heterocycles. The molecule has 15 heavy (non-hydrogen) atoms. The normalized spacial score (nSPS) is 30.8. The van der Waals surface area contributed by atoms with Gasteiger partial charge in [0.1, 0.15) is 0 Å². The van der Waals surface area contributed by atoms with Gasteiger partial charge in [0.25, 0.3) is 0 Å². The molecule has 0 aliphatic heterocycles. The van der Waals surface area contributed by atoms with Crippen LogP contribution >= 0.6 is 0 Å². The minimum atomic E-state index is -0.500. The van der Waals surface area contributed by atoms with Gasteiger partial charge < -0.3 is 10.4 Å². The van der Waals surface area contributed by atoms with Crippen LogP contribution in [0.4, 0.5) is 0 Å². The first kappa shape index (κ1) is 13.0. The summed E-state index contributed by atoms with van der Waals surface area (Å²) in [5, 5.41) is 14.1. The predicted octanol–water partition coefficient (Wildman–Crippen LogP) is 2.56. The van der Waals surface area contributed by atoms with Crippen molar-refractivity contribution in [1.82, 2.24) is 5.32 Å². The van der Waals surface area contributed by atoms with Crippen LogP contribution in [0.2, 0.25) is 0 Å². The standard InChI is InChI=1S/C13H27NO/c1-11(2)9-14-10-13(15)8-6-5-7-12(13,3)4/h11,14-15H,5-10H2,1-4H3. The average Bonchev–Trinajstić information content (AvgIpc) is 2.10. The Balaban J connectivity index is 2.48. The minimum Gasteiger partial charge on any atom is -0.388 e. The van der Waals surface area contributed by atoms with E-state index in [0.717, 1.165) is 25.9 Å². The maximum atomic E-state index is 10.6. The largest absolute Gasteiger partial charge is 0.388 e. The third kappa shape index (κ3) is 3.18. The molecule has 0 aromatic rings. The summed E-state index contributed by atoms with van der Waals surface area (Å²) in [4.78, 5) is 0. The zero-order valence-electron chi connectivity index (χ0n) is 10.8. The van der Waals surface area contributed by atoms with Crippen LogP contribution in [0.25, 0.3) is 0 Å². The highest BCUT2D eigenvalue weighted by Crippen LogP contribution is 2.43. The molecule has 0 bridgehead atoms. The average molecular weight is 213 g/mol. The molecular weight excluding hydrogens is 186 g/mol. The Hall–Kier alpha value is -0.0800. The number of aliphatic hydroxyl groups is 1. The SMILES string of the molecule is CC(C)CNCC1(O)CCCCC1(C)C. The maximum Gasteiger partial charge on any atom is 0.0822 e. The third-order valence-corrected chi connectivity index (χ3v) is 3.87. The van der Waals surface area contributed by atoms with Crippen molar-refractivity contribution in [3.8, 4) is 0 Å². The number of nitrogens with one attached hydrogen (secondary N) is 1. The Bertz CT molecular complexity index is 201. The van der Waals surface area contributed by atoms with Crippen LogP contribution in [-0.4, -0.2) is 23.8 Å². The molecule has 1 unspecified atom stereocenters. The van der Waals surface area contributed by atoms with Crippen molar-refractivity contribution < 1.29 is 5.11 Å². The van der Waals surface area contributed by atoms with Crippen molar-refractivity contribution in [2.24, 2.45) is 11.3 Å². The maximum absolute atomic E-state index is 10.6. The van der Waals surface area contributed by atoms with Gasteiger partial charge in [0.05, 0.1) is 5.60 Å². The van der Waals surface area contributed by atoms with Crippen LogP contribution in [0.1, 0.15) is 53.4 Å². The number of hydrogen-bond acceptors (Lipinski definition) is 2. The lowest BCUT2D eigenvalue weighted by molar-refractivity contribution is -0.0942. The Morgan fingerprint density at radius 3 is 2.33 bits per heavy atom. The molecule has 1 atom stereocenters. The van der Waals surface area contributed by atoms with Crippen molar-refractivity contribution in [3.63, 3.8) is 0 Å². The van der Waals surface area contributed by atoms with Crippen LogP contribution in [0.3, 0.4) is 0 Å². The smallest absolute Gasteiger partial charge is 0.0822 e. The van der Waals surface area contributed by atoms with Crippen molar-refractivity contribution >= 4 is 0 Å². The summed E-state index contributed by atoms with van der Waals surface area (Å²) in [6.07, 6.45) is 4.53. The molecule has 0 amide bonds. The van der Waals surface area contributed by atoms with Crippen LogP contribution in [0.5, 0.6) is 0 Å². The molecule has 1 rings (SSSR count). The van der Waals surface area contributed by atoms with Gasteiger partial charge in [-0.15, -0.1) is 0 Å². The topological polar surface area (TPSA) is 32.3 Å². The van der Waals surface area contributed by atoms with E-state index >= 15 is 0 Å². The molecule has 2 nitrogen and oxygen atoms in total. The van der Waals surface area contributed by atoms with E-state index in [0.29, 0.717) is 5.92 Å². The molecule has 0 spiro atoms. The second-order valence-electron chi connectivity index (χ2n) is 6.15. The lowest BCUT2D eigenvalue weighted by Crippen LogP contribution is -2.54. The molecule has 0 radical (unpaired) electrons. The van der Waals surface area contributed by atoms with Gasteiger partial charge in [-0.05, 0) is 30.7 Å². The zero-order chi connectivity index (χ0) is 11.5. The van der Waals surface area contributed by atoms with Gasteiger partial charge in [0.15, 0.2) is 0 Å². The summed E-state index contributed by atoms with van der Waals surface area (Å²) in [5.74, 6) is 0.653. The van der Waals surface area contributed by atoms with Gasteiger partial charge in [0.2, 0.25) is 0 Å². The Morgan fingerprint density at radius 1 is 1.20 bits per heavy atom. The molecule has 1 fully saturated rings. The summed E-state index contributed by atoms with van der Waals surface area (Å²) in [5.41, 5.74) is -0.435. The van der Waals surface area contributed by atoms with Crippen LogP contribution in [-0.2, 0) is 0 Å². The van der Waals surface area contributed by atoms with Crippen molar-refractivity contribution in [2.45, 2.75) is 59.0 Å². The van der Waals surface area contributed by atoms with E-state index in [-0.39, 0.29) is 5.41 Å². The van der Waals surface area contributed by atoms with E-state index in [4.69, 9.17) is 0 Å². The summed E-state index contributed by atoms with van der Waals surface area (Å²) in [6, 6.07) is 0. The van der Waals surface area contributed by atoms with E-state index in [1.165, 1.54) is 12.8 Å². The summed E-state index contributed by atoms with van der Waals surface area (Å²) in [6.45, 7) is 10.5. The fourth-order valence-corrected chi connectivity index (χ4v) is 2.45. The van der Waals surface area contributed by atoms with Gasteiger partial charge >= 0.3 is 0 Å². The third-order valence-electron chi connectivity index (χ3n) is 3.87. The van der Waals surface area contributed by atoms with Gasteiger partial charge in [-0.25, -0.2) is 0 Å². The quantitative estimate of drug-likeness (QED) is 0.752. The first-order chi connectivity index (χ1) is 6.87.